The fraction of sp³-hybridized carbons (Fsp3) is 0.611. The summed E-state index contributed by atoms with van der Waals surface area (Å²) in [5.74, 6) is -0.208. The first-order valence-corrected chi connectivity index (χ1v) is 10.4. The molecule has 1 amide bonds. The van der Waals surface area contributed by atoms with Gasteiger partial charge in [0.2, 0.25) is 5.91 Å². The average Bonchev–Trinajstić information content (AvgIpc) is 2.91. The number of anilines is 2. The van der Waals surface area contributed by atoms with Crippen molar-refractivity contribution in [3.8, 4) is 0 Å². The van der Waals surface area contributed by atoms with E-state index in [0.717, 1.165) is 31.9 Å². The number of amides is 1. The Morgan fingerprint density at radius 3 is 2.32 bits per heavy atom. The van der Waals surface area contributed by atoms with Crippen LogP contribution in [0.15, 0.2) is 23.1 Å². The van der Waals surface area contributed by atoms with Crippen LogP contribution in [0.25, 0.3) is 0 Å². The van der Waals surface area contributed by atoms with Crippen molar-refractivity contribution in [2.24, 2.45) is 5.41 Å². The first-order valence-electron chi connectivity index (χ1n) is 8.53. The van der Waals surface area contributed by atoms with Crippen LogP contribution in [-0.2, 0) is 14.6 Å². The Bertz CT molecular complexity index is 745. The summed E-state index contributed by atoms with van der Waals surface area (Å²) in [6.45, 7) is 5.73. The van der Waals surface area contributed by atoms with Gasteiger partial charge in [0.1, 0.15) is 0 Å². The molecule has 0 unspecified atom stereocenters. The molecule has 1 saturated carbocycles. The quantitative estimate of drug-likeness (QED) is 0.743. The number of aliphatic hydroxyl groups is 1. The van der Waals surface area contributed by atoms with Crippen LogP contribution in [0.2, 0.25) is 0 Å². The minimum Gasteiger partial charge on any atom is -0.388 e. The summed E-state index contributed by atoms with van der Waals surface area (Å²) < 4.78 is 23.6. The van der Waals surface area contributed by atoms with E-state index in [0.29, 0.717) is 17.9 Å². The molecular weight excluding hydrogens is 340 g/mol. The van der Waals surface area contributed by atoms with E-state index in [1.165, 1.54) is 12.1 Å². The van der Waals surface area contributed by atoms with Gasteiger partial charge in [0.15, 0.2) is 9.84 Å². The van der Waals surface area contributed by atoms with Crippen LogP contribution >= 0.6 is 0 Å². The minimum absolute atomic E-state index is 0.141. The normalized spacial score (nSPS) is 17.3. The Labute approximate surface area is 149 Å². The zero-order valence-corrected chi connectivity index (χ0v) is 16.2. The van der Waals surface area contributed by atoms with Crippen LogP contribution < -0.4 is 10.6 Å². The maximum Gasteiger partial charge on any atom is 0.229 e. The van der Waals surface area contributed by atoms with Crippen LogP contribution in [-0.4, -0.2) is 37.8 Å². The van der Waals surface area contributed by atoms with E-state index in [1.54, 1.807) is 26.8 Å². The second kappa shape index (κ2) is 6.96. The van der Waals surface area contributed by atoms with Crippen molar-refractivity contribution in [2.75, 3.05) is 23.4 Å². The molecule has 0 heterocycles. The van der Waals surface area contributed by atoms with Crippen molar-refractivity contribution >= 4 is 27.1 Å². The third-order valence-electron chi connectivity index (χ3n) is 4.49. The summed E-state index contributed by atoms with van der Waals surface area (Å²) in [4.78, 5) is 12.5. The number of benzene rings is 1. The first kappa shape index (κ1) is 19.7. The molecular formula is C18H28N2O4S. The predicted octanol–water partition coefficient (Wildman–Crippen LogP) is 2.79. The number of hydrogen-bond acceptors (Lipinski definition) is 5. The van der Waals surface area contributed by atoms with Crippen molar-refractivity contribution < 1.29 is 18.3 Å². The highest BCUT2D eigenvalue weighted by atomic mass is 32.2. The van der Waals surface area contributed by atoms with Crippen molar-refractivity contribution in [2.45, 2.75) is 57.0 Å². The van der Waals surface area contributed by atoms with Gasteiger partial charge in [0.25, 0.3) is 0 Å². The fourth-order valence-corrected chi connectivity index (χ4v) is 3.44. The summed E-state index contributed by atoms with van der Waals surface area (Å²) in [7, 11) is -3.38. The van der Waals surface area contributed by atoms with E-state index in [1.807, 2.05) is 0 Å². The fourth-order valence-electron chi connectivity index (χ4n) is 2.79. The highest BCUT2D eigenvalue weighted by Crippen LogP contribution is 2.32. The Hall–Kier alpha value is -1.60. The van der Waals surface area contributed by atoms with Gasteiger partial charge in [-0.2, -0.15) is 0 Å². The molecule has 140 valence electrons. The molecule has 0 spiro atoms. The van der Waals surface area contributed by atoms with Gasteiger partial charge in [-0.3, -0.25) is 4.79 Å². The molecule has 2 rings (SSSR count). The lowest BCUT2D eigenvalue weighted by Gasteiger charge is -2.25. The van der Waals surface area contributed by atoms with Crippen LogP contribution in [0.5, 0.6) is 0 Å². The zero-order chi connectivity index (χ0) is 18.9. The third-order valence-corrected chi connectivity index (χ3v) is 5.60. The van der Waals surface area contributed by atoms with Crippen molar-refractivity contribution in [3.63, 3.8) is 0 Å². The second-order valence-corrected chi connectivity index (χ2v) is 9.98. The molecule has 1 aliphatic rings. The Morgan fingerprint density at radius 2 is 1.80 bits per heavy atom. The predicted molar refractivity (Wildman–Crippen MR) is 99.5 cm³/mol. The second-order valence-electron chi connectivity index (χ2n) is 7.97. The van der Waals surface area contributed by atoms with E-state index in [4.69, 9.17) is 0 Å². The molecule has 25 heavy (non-hydrogen) atoms. The molecule has 0 atom stereocenters. The zero-order valence-electron chi connectivity index (χ0n) is 15.3. The smallest absolute Gasteiger partial charge is 0.229 e. The molecule has 0 saturated heterocycles. The van der Waals surface area contributed by atoms with E-state index >= 15 is 0 Å². The summed E-state index contributed by atoms with van der Waals surface area (Å²) in [6.07, 6.45) is 4.61. The summed E-state index contributed by atoms with van der Waals surface area (Å²) in [5, 5.41) is 16.5. The van der Waals surface area contributed by atoms with E-state index in [9.17, 15) is 18.3 Å². The van der Waals surface area contributed by atoms with Gasteiger partial charge in [-0.25, -0.2) is 8.42 Å². The molecule has 6 nitrogen and oxygen atoms in total. The van der Waals surface area contributed by atoms with Crippen molar-refractivity contribution in [3.05, 3.63) is 18.2 Å². The summed E-state index contributed by atoms with van der Waals surface area (Å²) in [6, 6.07) is 4.59. The first-order chi connectivity index (χ1) is 11.4. The van der Waals surface area contributed by atoms with Gasteiger partial charge >= 0.3 is 0 Å². The SMILES string of the molecule is CC(C)(C)C(=O)Nc1cc(S(C)(=O)=O)ccc1NCC1(O)CCCC1. The Morgan fingerprint density at radius 1 is 1.20 bits per heavy atom. The van der Waals surface area contributed by atoms with Crippen LogP contribution in [0, 0.1) is 5.41 Å². The number of hydrogen-bond donors (Lipinski definition) is 3. The molecule has 7 heteroatoms. The molecule has 1 aromatic rings. The lowest BCUT2D eigenvalue weighted by Crippen LogP contribution is -2.34. The van der Waals surface area contributed by atoms with Crippen LogP contribution in [0.1, 0.15) is 46.5 Å². The summed E-state index contributed by atoms with van der Waals surface area (Å²) in [5.41, 5.74) is -0.349. The number of rotatable bonds is 5. The van der Waals surface area contributed by atoms with Gasteiger partial charge in [-0.15, -0.1) is 0 Å². The van der Waals surface area contributed by atoms with Gasteiger partial charge in [0, 0.05) is 18.2 Å². The highest BCUT2D eigenvalue weighted by Gasteiger charge is 2.31. The average molecular weight is 368 g/mol. The lowest BCUT2D eigenvalue weighted by atomic mass is 9.95. The van der Waals surface area contributed by atoms with Gasteiger partial charge in [-0.05, 0) is 31.0 Å². The molecule has 1 fully saturated rings. The monoisotopic (exact) mass is 368 g/mol. The topological polar surface area (TPSA) is 95.5 Å². The highest BCUT2D eigenvalue weighted by molar-refractivity contribution is 7.90. The van der Waals surface area contributed by atoms with Crippen molar-refractivity contribution in [1.82, 2.24) is 0 Å². The number of sulfone groups is 1. The lowest BCUT2D eigenvalue weighted by molar-refractivity contribution is -0.123. The number of carbonyl (C=O) groups excluding carboxylic acids is 1. The van der Waals surface area contributed by atoms with Gasteiger partial charge in [-0.1, -0.05) is 33.6 Å². The Balaban J connectivity index is 2.29. The van der Waals surface area contributed by atoms with Crippen molar-refractivity contribution in [1.29, 1.82) is 0 Å². The Kier molecular flexibility index (Phi) is 5.49. The standard InChI is InChI=1S/C18H28N2O4S/c1-17(2,3)16(21)20-15-11-13(25(4,23)24)7-8-14(15)19-12-18(22)9-5-6-10-18/h7-8,11,19,22H,5-6,9-10,12H2,1-4H3,(H,20,21). The van der Waals surface area contributed by atoms with E-state index < -0.39 is 20.9 Å². The van der Waals surface area contributed by atoms with Crippen LogP contribution in [0.4, 0.5) is 11.4 Å². The molecule has 0 bridgehead atoms. The van der Waals surface area contributed by atoms with E-state index in [2.05, 4.69) is 10.6 Å². The van der Waals surface area contributed by atoms with Gasteiger partial charge in [0.05, 0.1) is 21.9 Å². The number of nitrogens with one attached hydrogen (secondary N) is 2. The largest absolute Gasteiger partial charge is 0.388 e. The number of carbonyl (C=O) groups is 1. The van der Waals surface area contributed by atoms with E-state index in [-0.39, 0.29) is 10.8 Å². The molecule has 0 radical (unpaired) electrons. The maximum absolute atomic E-state index is 12.3. The third kappa shape index (κ3) is 5.19. The maximum atomic E-state index is 12.3. The minimum atomic E-state index is -3.38. The van der Waals surface area contributed by atoms with Gasteiger partial charge < -0.3 is 15.7 Å². The molecule has 1 aromatic carbocycles. The molecule has 0 aliphatic heterocycles. The van der Waals surface area contributed by atoms with Crippen LogP contribution in [0.3, 0.4) is 0 Å². The molecule has 3 N–H and O–H groups in total. The summed E-state index contributed by atoms with van der Waals surface area (Å²) >= 11 is 0. The molecule has 0 aromatic heterocycles. The molecule has 1 aliphatic carbocycles.